The smallest absolute Gasteiger partial charge is 0.462 e. The summed E-state index contributed by atoms with van der Waals surface area (Å²) in [6, 6.07) is 0. The monoisotopic (exact) mass is 1470 g/mol. The first kappa shape index (κ1) is 96.9. The molecule has 0 heterocycles. The number of phosphoric ester groups is 2. The average molecular weight is 1470 g/mol. The van der Waals surface area contributed by atoms with Gasteiger partial charge >= 0.3 is 39.5 Å². The third kappa shape index (κ3) is 73.3. The van der Waals surface area contributed by atoms with Crippen LogP contribution in [0, 0.1) is 0 Å². The Labute approximate surface area is 617 Å². The molecular formula is C83H138O17P2. The Hall–Kier alpha value is -5.06. The van der Waals surface area contributed by atoms with Crippen LogP contribution < -0.4 is 0 Å². The summed E-state index contributed by atoms with van der Waals surface area (Å²) < 4.78 is 68.5. The third-order valence-electron chi connectivity index (χ3n) is 15.8. The number of rotatable bonds is 72. The molecule has 5 atom stereocenters. The molecule has 0 aliphatic heterocycles. The normalized spacial score (nSPS) is 14.7. The van der Waals surface area contributed by atoms with Crippen LogP contribution in [0.4, 0.5) is 0 Å². The minimum absolute atomic E-state index is 0.0353. The lowest BCUT2D eigenvalue weighted by Crippen LogP contribution is -2.30. The molecule has 0 saturated carbocycles. The summed E-state index contributed by atoms with van der Waals surface area (Å²) in [4.78, 5) is 72.9. The maximum atomic E-state index is 13.1. The molecule has 0 fully saturated rings. The first-order chi connectivity index (χ1) is 49.7. The van der Waals surface area contributed by atoms with E-state index < -0.39 is 97.5 Å². The topological polar surface area (TPSA) is 237 Å². The zero-order valence-electron chi connectivity index (χ0n) is 63.5. The van der Waals surface area contributed by atoms with E-state index in [9.17, 15) is 43.2 Å². The molecule has 5 unspecified atom stereocenters. The van der Waals surface area contributed by atoms with Crippen LogP contribution in [-0.2, 0) is 65.4 Å². The third-order valence-corrected chi connectivity index (χ3v) is 17.7. The summed E-state index contributed by atoms with van der Waals surface area (Å²) in [7, 11) is -9.99. The zero-order chi connectivity index (χ0) is 74.6. The van der Waals surface area contributed by atoms with Crippen LogP contribution in [0.3, 0.4) is 0 Å². The molecule has 582 valence electrons. The van der Waals surface area contributed by atoms with Gasteiger partial charge in [-0.15, -0.1) is 0 Å². The van der Waals surface area contributed by atoms with Crippen molar-refractivity contribution in [2.45, 2.75) is 316 Å². The molecular weight excluding hydrogens is 1330 g/mol. The van der Waals surface area contributed by atoms with E-state index in [0.717, 1.165) is 173 Å². The lowest BCUT2D eigenvalue weighted by molar-refractivity contribution is -0.161. The quantitative estimate of drug-likeness (QED) is 0.0169. The van der Waals surface area contributed by atoms with Crippen molar-refractivity contribution in [1.29, 1.82) is 0 Å². The van der Waals surface area contributed by atoms with Crippen LogP contribution in [0.1, 0.15) is 297 Å². The second-order valence-electron chi connectivity index (χ2n) is 25.5. The first-order valence-electron chi connectivity index (χ1n) is 39.1. The van der Waals surface area contributed by atoms with E-state index in [1.807, 2.05) is 0 Å². The highest BCUT2D eigenvalue weighted by molar-refractivity contribution is 7.47. The molecule has 0 aromatic rings. The van der Waals surface area contributed by atoms with Gasteiger partial charge < -0.3 is 33.8 Å². The Balaban J connectivity index is 5.44. The molecule has 0 aliphatic carbocycles. The van der Waals surface area contributed by atoms with Crippen LogP contribution in [-0.4, -0.2) is 96.7 Å². The predicted molar refractivity (Wildman–Crippen MR) is 417 cm³/mol. The minimum Gasteiger partial charge on any atom is -0.462 e. The van der Waals surface area contributed by atoms with Gasteiger partial charge in [0.2, 0.25) is 0 Å². The van der Waals surface area contributed by atoms with Crippen molar-refractivity contribution in [3.05, 3.63) is 146 Å². The Morgan fingerprint density at radius 3 is 0.814 bits per heavy atom. The summed E-state index contributed by atoms with van der Waals surface area (Å²) in [6.45, 7) is 4.41. The molecule has 0 saturated heterocycles. The molecule has 0 amide bonds. The predicted octanol–water partition coefficient (Wildman–Crippen LogP) is 22.7. The number of carbonyl (C=O) groups is 4. The van der Waals surface area contributed by atoms with Crippen LogP contribution in [0.5, 0.6) is 0 Å². The molecule has 0 spiro atoms. The fourth-order valence-electron chi connectivity index (χ4n) is 9.92. The number of phosphoric acid groups is 2. The van der Waals surface area contributed by atoms with E-state index in [0.29, 0.717) is 32.1 Å². The van der Waals surface area contributed by atoms with E-state index in [1.54, 1.807) is 0 Å². The number of ether oxygens (including phenoxy) is 4. The van der Waals surface area contributed by atoms with Crippen molar-refractivity contribution < 1.29 is 80.2 Å². The highest BCUT2D eigenvalue weighted by Gasteiger charge is 2.30. The zero-order valence-corrected chi connectivity index (χ0v) is 65.3. The van der Waals surface area contributed by atoms with Gasteiger partial charge in [0.25, 0.3) is 0 Å². The number of carbonyl (C=O) groups excluding carboxylic acids is 4. The number of hydrogen-bond acceptors (Lipinski definition) is 15. The van der Waals surface area contributed by atoms with Crippen molar-refractivity contribution >= 4 is 39.5 Å². The van der Waals surface area contributed by atoms with E-state index in [4.69, 9.17) is 37.0 Å². The second kappa shape index (κ2) is 74.2. The van der Waals surface area contributed by atoms with Gasteiger partial charge in [-0.1, -0.05) is 257 Å². The second-order valence-corrected chi connectivity index (χ2v) is 28.4. The number of hydrogen-bond donors (Lipinski definition) is 3. The van der Waals surface area contributed by atoms with E-state index in [1.165, 1.54) is 38.5 Å². The van der Waals surface area contributed by atoms with Crippen LogP contribution >= 0.6 is 15.6 Å². The number of esters is 4. The fourth-order valence-corrected chi connectivity index (χ4v) is 11.5. The molecule has 0 radical (unpaired) electrons. The molecule has 0 aromatic heterocycles. The highest BCUT2D eigenvalue weighted by atomic mass is 31.2. The van der Waals surface area contributed by atoms with E-state index >= 15 is 0 Å². The molecule has 3 N–H and O–H groups in total. The van der Waals surface area contributed by atoms with Gasteiger partial charge in [-0.2, -0.15) is 0 Å². The van der Waals surface area contributed by atoms with Crippen LogP contribution in [0.15, 0.2) is 146 Å². The Morgan fingerprint density at radius 1 is 0.284 bits per heavy atom. The summed E-state index contributed by atoms with van der Waals surface area (Å²) in [6.07, 6.45) is 84.1. The molecule has 0 bridgehead atoms. The summed E-state index contributed by atoms with van der Waals surface area (Å²) in [5.41, 5.74) is 0. The van der Waals surface area contributed by atoms with Crippen molar-refractivity contribution in [1.82, 2.24) is 0 Å². The van der Waals surface area contributed by atoms with Gasteiger partial charge in [-0.3, -0.25) is 37.3 Å². The Kier molecular flexibility index (Phi) is 70.5. The van der Waals surface area contributed by atoms with Crippen LogP contribution in [0.2, 0.25) is 0 Å². The fraction of sp³-hybridized carbons (Fsp3) is 0.663. The molecule has 19 heteroatoms. The van der Waals surface area contributed by atoms with Gasteiger partial charge in [-0.05, 0) is 161 Å². The van der Waals surface area contributed by atoms with Crippen molar-refractivity contribution in [2.75, 3.05) is 39.6 Å². The number of unbranched alkanes of at least 4 members (excludes halogenated alkanes) is 22. The maximum Gasteiger partial charge on any atom is 0.472 e. The summed E-state index contributed by atoms with van der Waals surface area (Å²) in [5.74, 6) is -2.30. The standard InChI is InChI=1S/C83H138O17P2/c1-5-9-13-17-21-25-29-33-37-38-42-44-48-52-56-60-64-68-81(86)94-74-79(100-83(88)70-66-62-58-54-50-46-41-36-32-28-24-20-16-12-8-4)76-98-102(91,92)96-72-77(84)71-95-101(89,90)97-75-78(99-82(87)69-65-61-57-53-49-45-40-35-31-27-23-19-15-11-7-3)73-93-80(85)67-63-59-55-51-47-43-39-34-30-26-22-18-14-10-6-2/h9-10,12-14,16,21-22,24-26,28,33-37,39-41,47,50-51,54,77-79,84H,5-8,11,15,17-20,23,27,29-32,38,42-46,48-49,52-53,55-76H2,1-4H3,(H,89,90)(H,91,92)/b13-9-,14-10-,16-12-,25-21-,26-22-,28-24-,37-33-,39-34-,40-35-,41-36-,51-47-,54-50-. The van der Waals surface area contributed by atoms with Gasteiger partial charge in [-0.25, -0.2) is 9.13 Å². The maximum absolute atomic E-state index is 13.1. The van der Waals surface area contributed by atoms with Crippen molar-refractivity contribution in [2.24, 2.45) is 0 Å². The van der Waals surface area contributed by atoms with E-state index in [2.05, 4.69) is 174 Å². The Morgan fingerprint density at radius 2 is 0.510 bits per heavy atom. The number of aliphatic hydroxyl groups excluding tert-OH is 1. The van der Waals surface area contributed by atoms with Gasteiger partial charge in [0.05, 0.1) is 26.4 Å². The van der Waals surface area contributed by atoms with Gasteiger partial charge in [0.1, 0.15) is 19.3 Å². The Bertz CT molecular complexity index is 2510. The molecule has 0 aliphatic rings. The number of allylic oxidation sites excluding steroid dienone is 24. The molecule has 0 rings (SSSR count). The molecule has 0 aromatic carbocycles. The largest absolute Gasteiger partial charge is 0.472 e. The summed E-state index contributed by atoms with van der Waals surface area (Å²) >= 11 is 0. The van der Waals surface area contributed by atoms with Crippen molar-refractivity contribution in [3.8, 4) is 0 Å². The lowest BCUT2D eigenvalue weighted by atomic mass is 10.1. The molecule has 17 nitrogen and oxygen atoms in total. The average Bonchev–Trinajstić information content (AvgIpc) is 0.926. The SMILES string of the molecule is CC/C=C\C/C=C\C/C=C\C/C=C\CCCCC(=O)OCC(COP(=O)(O)OCC(O)COP(=O)(O)OCC(COC(=O)CCCCCCCCC/C=C\C/C=C\C/C=C\CC)OC(=O)CCCC/C=C\C/C=C\C/C=C\C/C=C\CC)OC(=O)CCCCCCC/C=C\CCCCCCCC. The van der Waals surface area contributed by atoms with Crippen molar-refractivity contribution in [3.63, 3.8) is 0 Å². The van der Waals surface area contributed by atoms with Gasteiger partial charge in [0, 0.05) is 25.7 Å². The summed E-state index contributed by atoms with van der Waals surface area (Å²) in [5, 5.41) is 10.6. The lowest BCUT2D eigenvalue weighted by Gasteiger charge is -2.21. The molecule has 102 heavy (non-hydrogen) atoms. The van der Waals surface area contributed by atoms with Gasteiger partial charge in [0.15, 0.2) is 12.2 Å². The van der Waals surface area contributed by atoms with Crippen LogP contribution in [0.25, 0.3) is 0 Å². The highest BCUT2D eigenvalue weighted by Crippen LogP contribution is 2.45. The van der Waals surface area contributed by atoms with E-state index in [-0.39, 0.29) is 25.7 Å². The number of aliphatic hydroxyl groups is 1. The first-order valence-corrected chi connectivity index (χ1v) is 42.1. The minimum atomic E-state index is -5.00.